The van der Waals surface area contributed by atoms with Crippen molar-refractivity contribution in [2.45, 2.75) is 6.92 Å². The Balaban J connectivity index is 1.70. The summed E-state index contributed by atoms with van der Waals surface area (Å²) in [6.07, 6.45) is 1.63. The molecule has 0 aliphatic rings. The van der Waals surface area contributed by atoms with Gasteiger partial charge in [0.2, 0.25) is 0 Å². The zero-order chi connectivity index (χ0) is 20.4. The van der Waals surface area contributed by atoms with Crippen molar-refractivity contribution in [2.24, 2.45) is 0 Å². The molecular weight excluding hydrogens is 372 g/mol. The third kappa shape index (κ3) is 3.77. The lowest BCUT2D eigenvalue weighted by Crippen LogP contribution is -2.12. The van der Waals surface area contributed by atoms with E-state index in [1.165, 1.54) is 24.3 Å². The average Bonchev–Trinajstić information content (AvgIpc) is 3.35. The van der Waals surface area contributed by atoms with Crippen molar-refractivity contribution in [3.63, 3.8) is 0 Å². The molecule has 1 amide bonds. The monoisotopic (exact) mass is 388 g/mol. The first kappa shape index (κ1) is 18.2. The fraction of sp³-hybridized carbons (Fsp3) is 0.0476. The number of nitrogens with one attached hydrogen (secondary N) is 1. The molecule has 29 heavy (non-hydrogen) atoms. The second kappa shape index (κ2) is 7.43. The van der Waals surface area contributed by atoms with Gasteiger partial charge >= 0.3 is 0 Å². The van der Waals surface area contributed by atoms with Crippen molar-refractivity contribution in [3.05, 3.63) is 94.4 Å². The lowest BCUT2D eigenvalue weighted by molar-refractivity contribution is -0.384. The minimum atomic E-state index is -0.493. The highest BCUT2D eigenvalue weighted by Crippen LogP contribution is 2.27. The highest BCUT2D eigenvalue weighted by Gasteiger charge is 2.21. The molecule has 0 saturated carbocycles. The lowest BCUT2D eigenvalue weighted by Gasteiger charge is -2.04. The van der Waals surface area contributed by atoms with Gasteiger partial charge in [0, 0.05) is 24.0 Å². The van der Waals surface area contributed by atoms with Crippen molar-refractivity contribution in [3.8, 4) is 17.1 Å². The first-order valence-electron chi connectivity index (χ1n) is 8.79. The predicted octanol–water partition coefficient (Wildman–Crippen LogP) is 4.60. The summed E-state index contributed by atoms with van der Waals surface area (Å²) in [7, 11) is 0. The summed E-state index contributed by atoms with van der Waals surface area (Å²) in [6, 6.07) is 18.6. The van der Waals surface area contributed by atoms with Gasteiger partial charge in [-0.3, -0.25) is 14.9 Å². The normalized spacial score (nSPS) is 10.7. The Bertz CT molecular complexity index is 1180. The van der Waals surface area contributed by atoms with Gasteiger partial charge < -0.3 is 9.73 Å². The van der Waals surface area contributed by atoms with Gasteiger partial charge in [-0.25, -0.2) is 4.68 Å². The molecule has 4 rings (SSSR count). The third-order valence-corrected chi connectivity index (χ3v) is 4.29. The van der Waals surface area contributed by atoms with Gasteiger partial charge in [-0.15, -0.1) is 0 Å². The Morgan fingerprint density at radius 2 is 1.79 bits per heavy atom. The molecule has 0 fully saturated rings. The Kier molecular flexibility index (Phi) is 4.66. The van der Waals surface area contributed by atoms with Crippen LogP contribution in [0.15, 0.2) is 77.3 Å². The zero-order valence-electron chi connectivity index (χ0n) is 15.4. The summed E-state index contributed by atoms with van der Waals surface area (Å²) < 4.78 is 7.28. The van der Waals surface area contributed by atoms with Gasteiger partial charge in [-0.05, 0) is 43.3 Å². The van der Waals surface area contributed by atoms with Crippen LogP contribution in [0.3, 0.4) is 0 Å². The molecule has 0 saturated heterocycles. The smallest absolute Gasteiger partial charge is 0.269 e. The van der Waals surface area contributed by atoms with Gasteiger partial charge in [0.25, 0.3) is 11.6 Å². The zero-order valence-corrected chi connectivity index (χ0v) is 15.4. The average molecular weight is 388 g/mol. The minimum Gasteiger partial charge on any atom is -0.460 e. The molecule has 8 nitrogen and oxygen atoms in total. The summed E-state index contributed by atoms with van der Waals surface area (Å²) in [5.41, 5.74) is 1.91. The maximum Gasteiger partial charge on any atom is 0.269 e. The molecule has 8 heteroatoms. The van der Waals surface area contributed by atoms with Crippen LogP contribution >= 0.6 is 0 Å². The number of benzene rings is 2. The number of rotatable bonds is 5. The van der Waals surface area contributed by atoms with Crippen molar-refractivity contribution >= 4 is 17.3 Å². The lowest BCUT2D eigenvalue weighted by atomic mass is 10.2. The second-order valence-electron chi connectivity index (χ2n) is 6.34. The quantitative estimate of drug-likeness (QED) is 0.397. The van der Waals surface area contributed by atoms with Crippen LogP contribution in [0, 0.1) is 17.0 Å². The number of furan rings is 1. The van der Waals surface area contributed by atoms with Gasteiger partial charge in [0.05, 0.1) is 16.2 Å². The number of non-ortho nitro benzene ring substituents is 1. The number of hydrogen-bond donors (Lipinski definition) is 1. The Morgan fingerprint density at radius 1 is 1.07 bits per heavy atom. The van der Waals surface area contributed by atoms with E-state index in [2.05, 4.69) is 10.4 Å². The summed E-state index contributed by atoms with van der Waals surface area (Å²) in [6.45, 7) is 1.81. The Morgan fingerprint density at radius 3 is 2.41 bits per heavy atom. The molecule has 2 aromatic carbocycles. The molecule has 0 aliphatic heterocycles. The Hall–Kier alpha value is -4.20. The number of amides is 1. The van der Waals surface area contributed by atoms with Crippen LogP contribution in [0.5, 0.6) is 0 Å². The number of nitro benzene ring substituents is 1. The summed E-state index contributed by atoms with van der Waals surface area (Å²) >= 11 is 0. The SMILES string of the molecule is Cc1ccc(-c2nn(-c3ccccc3)cc2C(=O)Nc2ccc([N+](=O)[O-])cc2)o1. The molecule has 4 aromatic rings. The van der Waals surface area contributed by atoms with Crippen LogP contribution < -0.4 is 5.32 Å². The van der Waals surface area contributed by atoms with E-state index in [0.717, 1.165) is 5.69 Å². The van der Waals surface area contributed by atoms with Gasteiger partial charge in [-0.2, -0.15) is 5.10 Å². The maximum atomic E-state index is 12.9. The predicted molar refractivity (Wildman–Crippen MR) is 107 cm³/mol. The maximum absolute atomic E-state index is 12.9. The first-order chi connectivity index (χ1) is 14.0. The van der Waals surface area contributed by atoms with Crippen LogP contribution in [0.25, 0.3) is 17.1 Å². The molecule has 0 unspecified atom stereocenters. The van der Waals surface area contributed by atoms with Crippen LogP contribution in [0.1, 0.15) is 16.1 Å². The number of aryl methyl sites for hydroxylation is 1. The van der Waals surface area contributed by atoms with E-state index in [-0.39, 0.29) is 5.69 Å². The fourth-order valence-electron chi connectivity index (χ4n) is 2.86. The van der Waals surface area contributed by atoms with E-state index < -0.39 is 10.8 Å². The number of nitrogens with zero attached hydrogens (tertiary/aromatic N) is 3. The second-order valence-corrected chi connectivity index (χ2v) is 6.34. The standard InChI is InChI=1S/C21H16N4O4/c1-14-7-12-19(29-14)20-18(13-24(23-20)16-5-3-2-4-6-16)21(26)22-15-8-10-17(11-9-15)25(27)28/h2-13H,1H3,(H,22,26). The van der Waals surface area contributed by atoms with Crippen molar-refractivity contribution in [1.82, 2.24) is 9.78 Å². The number of para-hydroxylation sites is 1. The third-order valence-electron chi connectivity index (χ3n) is 4.29. The number of carbonyl (C=O) groups is 1. The number of hydrogen-bond acceptors (Lipinski definition) is 5. The number of aromatic nitrogens is 2. The van der Waals surface area contributed by atoms with Crippen LogP contribution in [0.4, 0.5) is 11.4 Å². The molecule has 0 atom stereocenters. The largest absolute Gasteiger partial charge is 0.460 e. The summed E-state index contributed by atoms with van der Waals surface area (Å²) in [5, 5.41) is 18.1. The first-order valence-corrected chi connectivity index (χ1v) is 8.79. The molecule has 0 radical (unpaired) electrons. The number of nitro groups is 1. The molecule has 144 valence electrons. The van der Waals surface area contributed by atoms with Crippen molar-refractivity contribution < 1.29 is 14.1 Å². The highest BCUT2D eigenvalue weighted by atomic mass is 16.6. The fourth-order valence-corrected chi connectivity index (χ4v) is 2.86. The summed E-state index contributed by atoms with van der Waals surface area (Å²) in [5.74, 6) is 0.784. The van der Waals surface area contributed by atoms with Crippen molar-refractivity contribution in [2.75, 3.05) is 5.32 Å². The molecule has 0 spiro atoms. The molecule has 0 aliphatic carbocycles. The minimum absolute atomic E-state index is 0.0494. The summed E-state index contributed by atoms with van der Waals surface area (Å²) in [4.78, 5) is 23.2. The number of carbonyl (C=O) groups excluding carboxylic acids is 1. The molecule has 2 heterocycles. The van der Waals surface area contributed by atoms with Gasteiger partial charge in [0.1, 0.15) is 11.5 Å². The van der Waals surface area contributed by atoms with Gasteiger partial charge in [-0.1, -0.05) is 18.2 Å². The molecule has 2 aromatic heterocycles. The van der Waals surface area contributed by atoms with Gasteiger partial charge in [0.15, 0.2) is 5.76 Å². The van der Waals surface area contributed by atoms with E-state index in [1.54, 1.807) is 23.0 Å². The van der Waals surface area contributed by atoms with Crippen molar-refractivity contribution in [1.29, 1.82) is 0 Å². The highest BCUT2D eigenvalue weighted by molar-refractivity contribution is 6.07. The molecule has 0 bridgehead atoms. The van der Waals surface area contributed by atoms with E-state index in [0.29, 0.717) is 28.5 Å². The van der Waals surface area contributed by atoms with Crippen LogP contribution in [0.2, 0.25) is 0 Å². The van der Waals surface area contributed by atoms with E-state index in [4.69, 9.17) is 4.42 Å². The van der Waals surface area contributed by atoms with E-state index >= 15 is 0 Å². The molecular formula is C21H16N4O4. The van der Waals surface area contributed by atoms with E-state index in [1.807, 2.05) is 37.3 Å². The van der Waals surface area contributed by atoms with E-state index in [9.17, 15) is 14.9 Å². The molecule has 1 N–H and O–H groups in total. The van der Waals surface area contributed by atoms with Crippen LogP contribution in [-0.4, -0.2) is 20.6 Å². The van der Waals surface area contributed by atoms with Crippen LogP contribution in [-0.2, 0) is 0 Å². The topological polar surface area (TPSA) is 103 Å². The Labute approximate surface area is 165 Å². The number of anilines is 1.